The highest BCUT2D eigenvalue weighted by Gasteiger charge is 2.13. The molecule has 1 aromatic heterocycles. The molecule has 3 aromatic rings. The van der Waals surface area contributed by atoms with Gasteiger partial charge in [-0.05, 0) is 66.7 Å². The minimum Gasteiger partial charge on any atom is -0.493 e. The third-order valence-corrected chi connectivity index (χ3v) is 4.78. The molecule has 2 aromatic carbocycles. The summed E-state index contributed by atoms with van der Waals surface area (Å²) in [5.74, 6) is 0.983. The largest absolute Gasteiger partial charge is 0.493 e. The number of halogens is 1. The van der Waals surface area contributed by atoms with E-state index in [9.17, 15) is 4.79 Å². The number of ether oxygens (including phenoxy) is 2. The highest BCUT2D eigenvalue weighted by Crippen LogP contribution is 2.28. The van der Waals surface area contributed by atoms with Crippen LogP contribution in [0.1, 0.15) is 41.5 Å². The maximum atomic E-state index is 12.3. The third kappa shape index (κ3) is 5.34. The van der Waals surface area contributed by atoms with Gasteiger partial charge in [-0.15, -0.1) is 0 Å². The van der Waals surface area contributed by atoms with Crippen LogP contribution in [0.3, 0.4) is 0 Å². The maximum absolute atomic E-state index is 12.3. The van der Waals surface area contributed by atoms with Gasteiger partial charge >= 0.3 is 5.97 Å². The minimum absolute atomic E-state index is 0.304. The SMILES string of the molecule is CCCCc1n[nH]c(=S)n1/N=C/c1ccc(OC(=O)c2ccc(Cl)cc2)c(OC)c1. The van der Waals surface area contributed by atoms with Crippen molar-refractivity contribution in [1.82, 2.24) is 14.9 Å². The van der Waals surface area contributed by atoms with Crippen LogP contribution in [-0.4, -0.2) is 34.2 Å². The molecule has 0 bridgehead atoms. The average molecular weight is 445 g/mol. The number of unbranched alkanes of at least 4 members (excludes halogenated alkanes) is 1. The van der Waals surface area contributed by atoms with E-state index in [0.29, 0.717) is 26.9 Å². The molecule has 0 radical (unpaired) electrons. The van der Waals surface area contributed by atoms with Crippen LogP contribution in [-0.2, 0) is 6.42 Å². The van der Waals surface area contributed by atoms with E-state index in [1.165, 1.54) is 7.11 Å². The molecule has 30 heavy (non-hydrogen) atoms. The fraction of sp³-hybridized carbons (Fsp3) is 0.238. The summed E-state index contributed by atoms with van der Waals surface area (Å²) in [6, 6.07) is 11.6. The number of rotatable bonds is 8. The van der Waals surface area contributed by atoms with Gasteiger partial charge in [0.25, 0.3) is 0 Å². The molecule has 0 aliphatic carbocycles. The molecule has 9 heteroatoms. The number of aryl methyl sites for hydroxylation is 1. The van der Waals surface area contributed by atoms with E-state index in [-0.39, 0.29) is 0 Å². The molecule has 0 aliphatic heterocycles. The molecule has 1 heterocycles. The van der Waals surface area contributed by atoms with Crippen molar-refractivity contribution < 1.29 is 14.3 Å². The smallest absolute Gasteiger partial charge is 0.343 e. The van der Waals surface area contributed by atoms with E-state index < -0.39 is 5.97 Å². The molecule has 0 amide bonds. The maximum Gasteiger partial charge on any atom is 0.343 e. The Morgan fingerprint density at radius 3 is 2.73 bits per heavy atom. The van der Waals surface area contributed by atoms with Crippen molar-refractivity contribution in [2.45, 2.75) is 26.2 Å². The summed E-state index contributed by atoms with van der Waals surface area (Å²) in [7, 11) is 1.50. The highest BCUT2D eigenvalue weighted by molar-refractivity contribution is 7.71. The summed E-state index contributed by atoms with van der Waals surface area (Å²) < 4.78 is 12.9. The van der Waals surface area contributed by atoms with E-state index in [2.05, 4.69) is 22.2 Å². The molecular weight excluding hydrogens is 424 g/mol. The average Bonchev–Trinajstić information content (AvgIpc) is 3.11. The Hall–Kier alpha value is -2.97. The first kappa shape index (κ1) is 21.7. The van der Waals surface area contributed by atoms with Crippen molar-refractivity contribution in [2.75, 3.05) is 7.11 Å². The number of hydrogen-bond acceptors (Lipinski definition) is 6. The Balaban J connectivity index is 1.78. The topological polar surface area (TPSA) is 81.5 Å². The zero-order valence-corrected chi connectivity index (χ0v) is 18.2. The van der Waals surface area contributed by atoms with Crippen molar-refractivity contribution in [1.29, 1.82) is 0 Å². The van der Waals surface area contributed by atoms with Crippen LogP contribution in [0.4, 0.5) is 0 Å². The van der Waals surface area contributed by atoms with Crippen molar-refractivity contribution in [3.63, 3.8) is 0 Å². The van der Waals surface area contributed by atoms with E-state index in [1.54, 1.807) is 53.4 Å². The number of carbonyl (C=O) groups excluding carboxylic acids is 1. The molecule has 0 saturated carbocycles. The molecule has 0 fully saturated rings. The lowest BCUT2D eigenvalue weighted by Gasteiger charge is -2.10. The molecule has 3 rings (SSSR count). The Bertz CT molecular complexity index is 1110. The van der Waals surface area contributed by atoms with Gasteiger partial charge in [-0.1, -0.05) is 24.9 Å². The van der Waals surface area contributed by atoms with Gasteiger partial charge in [-0.25, -0.2) is 4.79 Å². The van der Waals surface area contributed by atoms with Crippen LogP contribution in [0.15, 0.2) is 47.6 Å². The zero-order chi connectivity index (χ0) is 21.5. The second kappa shape index (κ2) is 10.2. The quantitative estimate of drug-likeness (QED) is 0.227. The molecular formula is C21H21ClN4O3S. The Morgan fingerprint density at radius 1 is 1.27 bits per heavy atom. The number of hydrogen-bond donors (Lipinski definition) is 1. The predicted molar refractivity (Wildman–Crippen MR) is 118 cm³/mol. The van der Waals surface area contributed by atoms with Crippen molar-refractivity contribution in [3.05, 3.63) is 69.2 Å². The minimum atomic E-state index is -0.503. The number of benzene rings is 2. The molecule has 7 nitrogen and oxygen atoms in total. The zero-order valence-electron chi connectivity index (χ0n) is 16.6. The normalized spacial score (nSPS) is 11.0. The highest BCUT2D eigenvalue weighted by atomic mass is 35.5. The predicted octanol–water partition coefficient (Wildman–Crippen LogP) is 5.05. The van der Waals surface area contributed by atoms with Crippen molar-refractivity contribution >= 4 is 36.0 Å². The Kier molecular flexibility index (Phi) is 7.37. The fourth-order valence-corrected chi connectivity index (χ4v) is 2.98. The number of nitrogens with one attached hydrogen (secondary N) is 1. The Morgan fingerprint density at radius 2 is 2.03 bits per heavy atom. The van der Waals surface area contributed by atoms with Gasteiger partial charge in [0.1, 0.15) is 0 Å². The molecule has 0 atom stereocenters. The van der Waals surface area contributed by atoms with Gasteiger partial charge in [0.05, 0.1) is 18.9 Å². The summed E-state index contributed by atoms with van der Waals surface area (Å²) in [6.07, 6.45) is 4.48. The molecule has 1 N–H and O–H groups in total. The molecule has 0 saturated heterocycles. The number of esters is 1. The summed E-state index contributed by atoms with van der Waals surface area (Å²) in [5, 5.41) is 12.0. The standard InChI is InChI=1S/C21H21ClN4O3S/c1-3-4-5-19-24-25-21(30)26(19)23-13-14-6-11-17(18(12-14)28-2)29-20(27)15-7-9-16(22)10-8-15/h6-13H,3-5H2,1-2H3,(H,25,30)/b23-13+. The molecule has 0 unspecified atom stereocenters. The first-order chi connectivity index (χ1) is 14.5. The summed E-state index contributed by atoms with van der Waals surface area (Å²) >= 11 is 11.1. The lowest BCUT2D eigenvalue weighted by Crippen LogP contribution is -2.09. The number of methoxy groups -OCH3 is 1. The number of carbonyl (C=O) groups is 1. The molecule has 0 spiro atoms. The number of H-pyrrole nitrogens is 1. The van der Waals surface area contributed by atoms with Crippen LogP contribution >= 0.6 is 23.8 Å². The first-order valence-corrected chi connectivity index (χ1v) is 10.2. The third-order valence-electron chi connectivity index (χ3n) is 4.26. The van der Waals surface area contributed by atoms with Gasteiger partial charge in [-0.3, -0.25) is 5.10 Å². The van der Waals surface area contributed by atoms with Crippen LogP contribution in [0.5, 0.6) is 11.5 Å². The number of aromatic nitrogens is 3. The molecule has 0 aliphatic rings. The monoisotopic (exact) mass is 444 g/mol. The van der Waals surface area contributed by atoms with Crippen LogP contribution in [0, 0.1) is 4.77 Å². The second-order valence-electron chi connectivity index (χ2n) is 6.41. The van der Waals surface area contributed by atoms with Gasteiger partial charge in [-0.2, -0.15) is 14.9 Å². The fourth-order valence-electron chi connectivity index (χ4n) is 2.66. The van der Waals surface area contributed by atoms with E-state index in [4.69, 9.17) is 33.3 Å². The lowest BCUT2D eigenvalue weighted by molar-refractivity contribution is 0.0729. The second-order valence-corrected chi connectivity index (χ2v) is 7.23. The van der Waals surface area contributed by atoms with Crippen molar-refractivity contribution in [2.24, 2.45) is 5.10 Å². The van der Waals surface area contributed by atoms with Crippen LogP contribution in [0.25, 0.3) is 0 Å². The summed E-state index contributed by atoms with van der Waals surface area (Å²) in [6.45, 7) is 2.11. The van der Waals surface area contributed by atoms with Gasteiger partial charge in [0.2, 0.25) is 4.77 Å². The van der Waals surface area contributed by atoms with Gasteiger partial charge < -0.3 is 9.47 Å². The van der Waals surface area contributed by atoms with E-state index in [0.717, 1.165) is 30.7 Å². The van der Waals surface area contributed by atoms with E-state index >= 15 is 0 Å². The van der Waals surface area contributed by atoms with Gasteiger partial charge in [0, 0.05) is 11.4 Å². The molecule has 156 valence electrons. The lowest BCUT2D eigenvalue weighted by atomic mass is 10.2. The number of aromatic amines is 1. The Labute approximate surface area is 184 Å². The van der Waals surface area contributed by atoms with E-state index in [1.807, 2.05) is 0 Å². The van der Waals surface area contributed by atoms with Crippen LogP contribution < -0.4 is 9.47 Å². The van der Waals surface area contributed by atoms with Crippen LogP contribution in [0.2, 0.25) is 5.02 Å². The number of nitrogens with zero attached hydrogens (tertiary/aromatic N) is 3. The summed E-state index contributed by atoms with van der Waals surface area (Å²) in [5.41, 5.74) is 1.14. The summed E-state index contributed by atoms with van der Waals surface area (Å²) in [4.78, 5) is 12.3. The van der Waals surface area contributed by atoms with Crippen molar-refractivity contribution in [3.8, 4) is 11.5 Å². The first-order valence-electron chi connectivity index (χ1n) is 9.38. The van der Waals surface area contributed by atoms with Gasteiger partial charge in [0.15, 0.2) is 17.3 Å².